The van der Waals surface area contributed by atoms with Crippen LogP contribution in [0, 0.1) is 5.92 Å². The Morgan fingerprint density at radius 3 is 2.86 bits per heavy atom. The molecule has 4 nitrogen and oxygen atoms in total. The number of hydrogen-bond acceptors (Lipinski definition) is 3. The van der Waals surface area contributed by atoms with Crippen LogP contribution in [-0.4, -0.2) is 24.7 Å². The van der Waals surface area contributed by atoms with E-state index in [4.69, 9.17) is 4.74 Å². The van der Waals surface area contributed by atoms with E-state index in [1.165, 1.54) is 32.1 Å². The summed E-state index contributed by atoms with van der Waals surface area (Å²) >= 11 is 0. The van der Waals surface area contributed by atoms with Gasteiger partial charge in [0.2, 0.25) is 0 Å². The van der Waals surface area contributed by atoms with Crippen molar-refractivity contribution in [2.24, 2.45) is 5.92 Å². The minimum Gasteiger partial charge on any atom is -0.497 e. The lowest BCUT2D eigenvalue weighted by Gasteiger charge is -2.21. The average molecular weight is 291 g/mol. The minimum absolute atomic E-state index is 0.334. The van der Waals surface area contributed by atoms with Crippen LogP contribution in [0.25, 0.3) is 0 Å². The van der Waals surface area contributed by atoms with Crippen LogP contribution in [0.15, 0.2) is 24.3 Å². The summed E-state index contributed by atoms with van der Waals surface area (Å²) in [5, 5.41) is 12.9. The van der Waals surface area contributed by atoms with Gasteiger partial charge in [0.1, 0.15) is 5.75 Å². The Labute approximate surface area is 126 Å². The van der Waals surface area contributed by atoms with E-state index in [0.717, 1.165) is 12.3 Å². The zero-order valence-corrected chi connectivity index (χ0v) is 12.7. The second-order valence-corrected chi connectivity index (χ2v) is 5.76. The monoisotopic (exact) mass is 291 g/mol. The van der Waals surface area contributed by atoms with Gasteiger partial charge in [-0.2, -0.15) is 0 Å². The third-order valence-corrected chi connectivity index (χ3v) is 4.23. The number of rotatable bonds is 6. The van der Waals surface area contributed by atoms with Crippen molar-refractivity contribution < 1.29 is 14.6 Å². The number of methoxy groups -OCH3 is 1. The van der Waals surface area contributed by atoms with Crippen molar-refractivity contribution in [3.05, 3.63) is 29.8 Å². The first-order chi connectivity index (χ1) is 10.2. The number of ether oxygens (including phenoxy) is 1. The van der Waals surface area contributed by atoms with Crippen LogP contribution in [0.3, 0.4) is 0 Å². The molecule has 0 aliphatic heterocycles. The molecule has 0 saturated heterocycles. The molecule has 1 fully saturated rings. The Morgan fingerprint density at radius 1 is 1.38 bits per heavy atom. The molecule has 1 aromatic rings. The third kappa shape index (κ3) is 4.74. The third-order valence-electron chi connectivity index (χ3n) is 4.23. The predicted octanol–water partition coefficient (Wildman–Crippen LogP) is 2.82. The van der Waals surface area contributed by atoms with Gasteiger partial charge in [-0.3, -0.25) is 4.79 Å². The van der Waals surface area contributed by atoms with Crippen molar-refractivity contribution in [1.29, 1.82) is 0 Å². The van der Waals surface area contributed by atoms with Crippen molar-refractivity contribution in [3.63, 3.8) is 0 Å². The van der Waals surface area contributed by atoms with Gasteiger partial charge in [-0.25, -0.2) is 0 Å². The highest BCUT2D eigenvalue weighted by Gasteiger charge is 2.18. The standard InChI is InChI=1S/C17H25NO3/c1-21-15-9-5-8-14(12-15)16(19)17(20)18-11-10-13-6-3-2-4-7-13/h5,8-9,12-13,16,19H,2-4,6-7,10-11H2,1H3,(H,18,20). The van der Waals surface area contributed by atoms with E-state index in [9.17, 15) is 9.90 Å². The SMILES string of the molecule is COc1cccc(C(O)C(=O)NCCC2CCCCC2)c1. The number of nitrogens with one attached hydrogen (secondary N) is 1. The summed E-state index contributed by atoms with van der Waals surface area (Å²) in [6.45, 7) is 0.643. The Morgan fingerprint density at radius 2 is 2.14 bits per heavy atom. The summed E-state index contributed by atoms with van der Waals surface area (Å²) in [4.78, 5) is 12.0. The maximum Gasteiger partial charge on any atom is 0.253 e. The first-order valence-electron chi connectivity index (χ1n) is 7.80. The highest BCUT2D eigenvalue weighted by atomic mass is 16.5. The Bertz CT molecular complexity index is 455. The molecule has 21 heavy (non-hydrogen) atoms. The molecule has 0 heterocycles. The van der Waals surface area contributed by atoms with E-state index >= 15 is 0 Å². The molecule has 1 aromatic carbocycles. The van der Waals surface area contributed by atoms with E-state index in [0.29, 0.717) is 17.9 Å². The van der Waals surface area contributed by atoms with Gasteiger partial charge in [0, 0.05) is 6.54 Å². The van der Waals surface area contributed by atoms with Gasteiger partial charge in [0.15, 0.2) is 6.10 Å². The highest BCUT2D eigenvalue weighted by Crippen LogP contribution is 2.26. The fraction of sp³-hybridized carbons (Fsp3) is 0.588. The zero-order valence-electron chi connectivity index (χ0n) is 12.7. The van der Waals surface area contributed by atoms with Gasteiger partial charge in [0.05, 0.1) is 7.11 Å². The van der Waals surface area contributed by atoms with Crippen LogP contribution in [0.1, 0.15) is 50.2 Å². The van der Waals surface area contributed by atoms with Gasteiger partial charge in [-0.15, -0.1) is 0 Å². The molecule has 116 valence electrons. The predicted molar refractivity (Wildman–Crippen MR) is 82.2 cm³/mol. The molecule has 1 aliphatic carbocycles. The molecule has 1 unspecified atom stereocenters. The number of aliphatic hydroxyl groups excluding tert-OH is 1. The van der Waals surface area contributed by atoms with E-state index in [1.807, 2.05) is 0 Å². The number of amides is 1. The molecule has 0 radical (unpaired) electrons. The molecule has 2 rings (SSSR count). The van der Waals surface area contributed by atoms with Crippen LogP contribution in [0.2, 0.25) is 0 Å². The molecule has 1 amide bonds. The van der Waals surface area contributed by atoms with Crippen molar-refractivity contribution in [2.45, 2.75) is 44.6 Å². The van der Waals surface area contributed by atoms with Gasteiger partial charge in [0.25, 0.3) is 5.91 Å². The van der Waals surface area contributed by atoms with Gasteiger partial charge >= 0.3 is 0 Å². The molecule has 2 N–H and O–H groups in total. The van der Waals surface area contributed by atoms with Crippen LogP contribution in [0.4, 0.5) is 0 Å². The van der Waals surface area contributed by atoms with Gasteiger partial charge in [-0.1, -0.05) is 44.2 Å². The first-order valence-corrected chi connectivity index (χ1v) is 7.80. The molecular formula is C17H25NO3. The average Bonchev–Trinajstić information content (AvgIpc) is 2.55. The van der Waals surface area contributed by atoms with Crippen LogP contribution in [-0.2, 0) is 4.79 Å². The summed E-state index contributed by atoms with van der Waals surface area (Å²) < 4.78 is 5.10. The first kappa shape index (κ1) is 15.8. The van der Waals surface area contributed by atoms with Crippen molar-refractivity contribution in [3.8, 4) is 5.75 Å². The topological polar surface area (TPSA) is 58.6 Å². The van der Waals surface area contributed by atoms with Crippen molar-refractivity contribution >= 4 is 5.91 Å². The lowest BCUT2D eigenvalue weighted by molar-refractivity contribution is -0.129. The van der Waals surface area contributed by atoms with Crippen LogP contribution in [0.5, 0.6) is 5.75 Å². The maximum absolute atomic E-state index is 12.0. The van der Waals surface area contributed by atoms with E-state index < -0.39 is 6.10 Å². The summed E-state index contributed by atoms with van der Waals surface area (Å²) in [5.41, 5.74) is 0.560. The van der Waals surface area contributed by atoms with Gasteiger partial charge in [-0.05, 0) is 30.0 Å². The van der Waals surface area contributed by atoms with E-state index in [-0.39, 0.29) is 5.91 Å². The van der Waals surface area contributed by atoms with Crippen LogP contribution < -0.4 is 10.1 Å². The molecule has 1 saturated carbocycles. The van der Waals surface area contributed by atoms with Crippen molar-refractivity contribution in [2.75, 3.05) is 13.7 Å². The van der Waals surface area contributed by atoms with Gasteiger partial charge < -0.3 is 15.2 Å². The summed E-state index contributed by atoms with van der Waals surface area (Å²) in [5.74, 6) is 1.04. The number of hydrogen-bond donors (Lipinski definition) is 2. The Kier molecular flexibility index (Phi) is 6.05. The lowest BCUT2D eigenvalue weighted by Crippen LogP contribution is -2.31. The molecule has 4 heteroatoms. The van der Waals surface area contributed by atoms with E-state index in [1.54, 1.807) is 31.4 Å². The fourth-order valence-electron chi connectivity index (χ4n) is 2.93. The molecule has 0 aromatic heterocycles. The number of carbonyl (C=O) groups is 1. The largest absolute Gasteiger partial charge is 0.497 e. The second kappa shape index (κ2) is 8.03. The maximum atomic E-state index is 12.0. The van der Waals surface area contributed by atoms with E-state index in [2.05, 4.69) is 5.32 Å². The van der Waals surface area contributed by atoms with Crippen LogP contribution >= 0.6 is 0 Å². The lowest BCUT2D eigenvalue weighted by atomic mass is 9.87. The second-order valence-electron chi connectivity index (χ2n) is 5.76. The smallest absolute Gasteiger partial charge is 0.253 e. The summed E-state index contributed by atoms with van der Waals surface area (Å²) in [6.07, 6.45) is 6.39. The molecule has 1 atom stereocenters. The normalized spacial score (nSPS) is 17.2. The minimum atomic E-state index is -1.13. The zero-order chi connectivity index (χ0) is 15.1. The molecular weight excluding hydrogens is 266 g/mol. The molecule has 1 aliphatic rings. The number of benzene rings is 1. The molecule has 0 bridgehead atoms. The number of carbonyl (C=O) groups excluding carboxylic acids is 1. The number of aliphatic hydroxyl groups is 1. The quantitative estimate of drug-likeness (QED) is 0.847. The van der Waals surface area contributed by atoms with Crippen molar-refractivity contribution in [1.82, 2.24) is 5.32 Å². The summed E-state index contributed by atoms with van der Waals surface area (Å²) in [6, 6.07) is 6.98. The fourth-order valence-corrected chi connectivity index (χ4v) is 2.93. The summed E-state index contributed by atoms with van der Waals surface area (Å²) in [7, 11) is 1.57. The Hall–Kier alpha value is -1.55. The highest BCUT2D eigenvalue weighted by molar-refractivity contribution is 5.81. The molecule has 0 spiro atoms. The Balaban J connectivity index is 1.78.